The number of aryl methyl sites for hydroxylation is 1. The number of hydrazine groups is 1. The van der Waals surface area contributed by atoms with Crippen LogP contribution in [0.1, 0.15) is 16.1 Å². The van der Waals surface area contributed by atoms with E-state index in [0.29, 0.717) is 5.76 Å². The van der Waals surface area contributed by atoms with Gasteiger partial charge in [0.1, 0.15) is 10.7 Å². The molecule has 24 heavy (non-hydrogen) atoms. The summed E-state index contributed by atoms with van der Waals surface area (Å²) in [6, 6.07) is 4.16. The number of carbonyl (C=O) groups is 2. The highest BCUT2D eigenvalue weighted by Gasteiger charge is 2.17. The summed E-state index contributed by atoms with van der Waals surface area (Å²) < 4.78 is 27.5. The van der Waals surface area contributed by atoms with Gasteiger partial charge in [0.05, 0.1) is 5.02 Å². The number of hydrogen-bond donors (Lipinski definition) is 4. The van der Waals surface area contributed by atoms with Crippen LogP contribution in [0, 0.1) is 6.92 Å². The van der Waals surface area contributed by atoms with Gasteiger partial charge in [-0.15, -0.1) is 0 Å². The van der Waals surface area contributed by atoms with Crippen molar-refractivity contribution in [1.82, 2.24) is 16.0 Å². The number of benzene rings is 1. The number of anilines is 1. The molecule has 0 aliphatic carbocycles. The second-order valence-corrected chi connectivity index (χ2v) is 6.48. The molecule has 12 heteroatoms. The Morgan fingerprint density at radius 2 is 1.96 bits per heavy atom. The molecule has 0 atom stereocenters. The second-order valence-electron chi connectivity index (χ2n) is 4.55. The first-order valence-electron chi connectivity index (χ1n) is 6.30. The molecule has 0 aliphatic rings. The average molecular weight is 374 g/mol. The van der Waals surface area contributed by atoms with Crippen LogP contribution >= 0.6 is 11.6 Å². The first kappa shape index (κ1) is 17.7. The fourth-order valence-electron chi connectivity index (χ4n) is 1.62. The van der Waals surface area contributed by atoms with Gasteiger partial charge >= 0.3 is 6.03 Å². The first-order valence-corrected chi connectivity index (χ1v) is 8.22. The molecular formula is C12H12ClN5O5S. The molecule has 2 aromatic rings. The van der Waals surface area contributed by atoms with Crippen molar-refractivity contribution in [2.75, 3.05) is 5.32 Å². The average Bonchev–Trinajstić information content (AvgIpc) is 2.89. The summed E-state index contributed by atoms with van der Waals surface area (Å²) >= 11 is 5.72. The maximum absolute atomic E-state index is 11.9. The minimum absolute atomic E-state index is 0.0685. The topological polar surface area (TPSA) is 156 Å². The number of rotatable bonds is 3. The van der Waals surface area contributed by atoms with E-state index in [2.05, 4.69) is 21.3 Å². The van der Waals surface area contributed by atoms with Crippen LogP contribution in [-0.4, -0.2) is 25.5 Å². The van der Waals surface area contributed by atoms with Crippen molar-refractivity contribution in [1.29, 1.82) is 0 Å². The number of primary sulfonamides is 1. The van der Waals surface area contributed by atoms with Crippen LogP contribution in [0.2, 0.25) is 5.02 Å². The molecule has 0 fully saturated rings. The van der Waals surface area contributed by atoms with E-state index in [1.807, 2.05) is 0 Å². The summed E-state index contributed by atoms with van der Waals surface area (Å²) in [5.74, 6) is -0.128. The maximum Gasteiger partial charge on any atom is 0.339 e. The van der Waals surface area contributed by atoms with E-state index < -0.39 is 26.9 Å². The van der Waals surface area contributed by atoms with Gasteiger partial charge in [-0.05, 0) is 25.1 Å². The van der Waals surface area contributed by atoms with Gasteiger partial charge in [-0.1, -0.05) is 16.8 Å². The molecule has 0 aliphatic heterocycles. The van der Waals surface area contributed by atoms with Crippen molar-refractivity contribution in [2.24, 2.45) is 5.14 Å². The molecule has 128 valence electrons. The third-order valence-corrected chi connectivity index (χ3v) is 4.05. The van der Waals surface area contributed by atoms with E-state index in [-0.39, 0.29) is 16.4 Å². The van der Waals surface area contributed by atoms with Gasteiger partial charge < -0.3 is 4.52 Å². The molecule has 0 bridgehead atoms. The molecule has 0 spiro atoms. The Labute approximate surface area is 141 Å². The van der Waals surface area contributed by atoms with Gasteiger partial charge in [0.25, 0.3) is 5.91 Å². The number of nitrogens with one attached hydrogen (secondary N) is 3. The number of carbonyl (C=O) groups excluding carboxylic acids is 2. The zero-order valence-electron chi connectivity index (χ0n) is 12.2. The van der Waals surface area contributed by atoms with Crippen molar-refractivity contribution >= 4 is 39.4 Å². The maximum atomic E-state index is 11.9. The normalized spacial score (nSPS) is 11.0. The Kier molecular flexibility index (Phi) is 5.07. The molecule has 5 N–H and O–H groups in total. The van der Waals surface area contributed by atoms with Gasteiger partial charge in [-0.3, -0.25) is 15.5 Å². The third-order valence-electron chi connectivity index (χ3n) is 2.66. The number of aromatic nitrogens is 1. The fraction of sp³-hybridized carbons (Fsp3) is 0.0833. The van der Waals surface area contributed by atoms with Crippen LogP contribution in [0.4, 0.5) is 10.6 Å². The molecule has 0 saturated heterocycles. The molecule has 1 heterocycles. The summed E-state index contributed by atoms with van der Waals surface area (Å²) in [4.78, 5) is 23.1. The van der Waals surface area contributed by atoms with Gasteiger partial charge in [0.2, 0.25) is 10.0 Å². The lowest BCUT2D eigenvalue weighted by Crippen LogP contribution is -2.44. The van der Waals surface area contributed by atoms with Gasteiger partial charge in [-0.25, -0.2) is 23.8 Å². The third kappa shape index (κ3) is 4.44. The predicted molar refractivity (Wildman–Crippen MR) is 83.7 cm³/mol. The Bertz CT molecular complexity index is 895. The number of hydrogen-bond acceptors (Lipinski definition) is 6. The minimum atomic E-state index is -4.09. The second kappa shape index (κ2) is 6.86. The van der Waals surface area contributed by atoms with E-state index in [0.717, 1.165) is 6.07 Å². The molecule has 10 nitrogen and oxygen atoms in total. The van der Waals surface area contributed by atoms with Gasteiger partial charge in [0.15, 0.2) is 5.82 Å². The number of sulfonamides is 1. The minimum Gasteiger partial charge on any atom is -0.360 e. The van der Waals surface area contributed by atoms with Crippen molar-refractivity contribution < 1.29 is 22.5 Å². The molecule has 1 aromatic heterocycles. The monoisotopic (exact) mass is 373 g/mol. The van der Waals surface area contributed by atoms with Crippen LogP contribution in [0.5, 0.6) is 0 Å². The number of amides is 3. The van der Waals surface area contributed by atoms with E-state index in [1.54, 1.807) is 6.92 Å². The van der Waals surface area contributed by atoms with Crippen LogP contribution in [0.25, 0.3) is 0 Å². The summed E-state index contributed by atoms with van der Waals surface area (Å²) in [6.07, 6.45) is 0. The first-order chi connectivity index (χ1) is 11.2. The van der Waals surface area contributed by atoms with E-state index >= 15 is 0 Å². The fourth-order valence-corrected chi connectivity index (χ4v) is 2.69. The molecule has 0 saturated carbocycles. The van der Waals surface area contributed by atoms with E-state index in [4.69, 9.17) is 21.3 Å². The number of nitrogens with zero attached hydrogens (tertiary/aromatic N) is 1. The quantitative estimate of drug-likeness (QED) is 0.581. The molecule has 0 unspecified atom stereocenters. The van der Waals surface area contributed by atoms with Crippen LogP contribution in [0.15, 0.2) is 33.7 Å². The van der Waals surface area contributed by atoms with Crippen molar-refractivity contribution in [2.45, 2.75) is 11.8 Å². The zero-order valence-corrected chi connectivity index (χ0v) is 13.7. The summed E-state index contributed by atoms with van der Waals surface area (Å²) in [5.41, 5.74) is 4.08. The molecular weight excluding hydrogens is 362 g/mol. The lowest BCUT2D eigenvalue weighted by atomic mass is 10.2. The van der Waals surface area contributed by atoms with Crippen molar-refractivity contribution in [3.63, 3.8) is 0 Å². The predicted octanol–water partition coefficient (Wildman–Crippen LogP) is 0.750. The SMILES string of the molecule is Cc1cc(NC(=O)NNC(=O)c2ccc(Cl)c(S(N)(=O)=O)c2)no1. The number of urea groups is 1. The zero-order chi connectivity index (χ0) is 17.9. The summed E-state index contributed by atoms with van der Waals surface area (Å²) in [5, 5.41) is 10.7. The molecule has 2 rings (SSSR count). The number of halogens is 1. The molecule has 1 aromatic carbocycles. The van der Waals surface area contributed by atoms with Gasteiger partial charge in [-0.2, -0.15) is 0 Å². The lowest BCUT2D eigenvalue weighted by molar-refractivity contribution is 0.0937. The largest absolute Gasteiger partial charge is 0.360 e. The van der Waals surface area contributed by atoms with Gasteiger partial charge in [0, 0.05) is 11.6 Å². The van der Waals surface area contributed by atoms with Crippen LogP contribution in [0.3, 0.4) is 0 Å². The van der Waals surface area contributed by atoms with E-state index in [9.17, 15) is 18.0 Å². The summed E-state index contributed by atoms with van der Waals surface area (Å²) in [6.45, 7) is 1.64. The molecule has 0 radical (unpaired) electrons. The highest BCUT2D eigenvalue weighted by Crippen LogP contribution is 2.21. The van der Waals surface area contributed by atoms with Crippen LogP contribution in [-0.2, 0) is 10.0 Å². The smallest absolute Gasteiger partial charge is 0.339 e. The van der Waals surface area contributed by atoms with Crippen LogP contribution < -0.4 is 21.3 Å². The van der Waals surface area contributed by atoms with Crippen molar-refractivity contribution in [3.05, 3.63) is 40.6 Å². The number of nitrogens with two attached hydrogens (primary N) is 1. The highest BCUT2D eigenvalue weighted by molar-refractivity contribution is 7.89. The summed E-state index contributed by atoms with van der Waals surface area (Å²) in [7, 11) is -4.09. The Balaban J connectivity index is 2.01. The Hall–Kier alpha value is -2.63. The molecule has 3 amide bonds. The Morgan fingerprint density at radius 1 is 1.25 bits per heavy atom. The van der Waals surface area contributed by atoms with E-state index in [1.165, 1.54) is 18.2 Å². The standard InChI is InChI=1S/C12H12ClN5O5S/c1-6-4-10(18-23-6)15-12(20)17-16-11(19)7-2-3-8(13)9(5-7)24(14,21)22/h2-5H,1H3,(H,16,19)(H2,14,21,22)(H2,15,17,18,20). The van der Waals surface area contributed by atoms with Crippen molar-refractivity contribution in [3.8, 4) is 0 Å². The lowest BCUT2D eigenvalue weighted by Gasteiger charge is -2.09. The highest BCUT2D eigenvalue weighted by atomic mass is 35.5. The Morgan fingerprint density at radius 3 is 2.54 bits per heavy atom.